The van der Waals surface area contributed by atoms with Gasteiger partial charge in [-0.05, 0) is 30.3 Å². The standard InChI is InChI=1S/C15H11ClFN3/c16-11-2-1-3-12(17)15(11)20-14-5-4-13(18)10-8-19-7-6-9(10)14/h1-8,20H,18H2. The minimum Gasteiger partial charge on any atom is -0.398 e. The molecular weight excluding hydrogens is 277 g/mol. The Hall–Kier alpha value is -2.33. The maximum atomic E-state index is 13.8. The van der Waals surface area contributed by atoms with Crippen LogP contribution in [0.15, 0.2) is 48.8 Å². The molecule has 2 aromatic carbocycles. The van der Waals surface area contributed by atoms with Crippen molar-refractivity contribution < 1.29 is 4.39 Å². The molecule has 0 aliphatic heterocycles. The fourth-order valence-corrected chi connectivity index (χ4v) is 2.28. The third-order valence-corrected chi connectivity index (χ3v) is 3.39. The lowest BCUT2D eigenvalue weighted by atomic mass is 10.1. The molecular formula is C15H11ClFN3. The van der Waals surface area contributed by atoms with Gasteiger partial charge in [0.05, 0.1) is 10.7 Å². The number of hydrogen-bond donors (Lipinski definition) is 2. The van der Waals surface area contributed by atoms with Gasteiger partial charge in [-0.2, -0.15) is 0 Å². The largest absolute Gasteiger partial charge is 0.398 e. The average Bonchev–Trinajstić information content (AvgIpc) is 2.46. The van der Waals surface area contributed by atoms with Crippen molar-refractivity contribution in [3.8, 4) is 0 Å². The molecule has 3 aromatic rings. The van der Waals surface area contributed by atoms with Crippen molar-refractivity contribution >= 4 is 39.4 Å². The normalized spacial score (nSPS) is 10.7. The second-order valence-electron chi connectivity index (χ2n) is 4.35. The van der Waals surface area contributed by atoms with Gasteiger partial charge in [0, 0.05) is 34.5 Å². The number of nitrogens with zero attached hydrogens (tertiary/aromatic N) is 1. The third kappa shape index (κ3) is 2.14. The number of para-hydroxylation sites is 1. The first kappa shape index (κ1) is 12.7. The van der Waals surface area contributed by atoms with Gasteiger partial charge in [0.25, 0.3) is 0 Å². The highest BCUT2D eigenvalue weighted by Gasteiger charge is 2.10. The van der Waals surface area contributed by atoms with Crippen LogP contribution in [0.25, 0.3) is 10.8 Å². The van der Waals surface area contributed by atoms with Gasteiger partial charge in [-0.15, -0.1) is 0 Å². The molecule has 1 aromatic heterocycles. The van der Waals surface area contributed by atoms with E-state index in [1.54, 1.807) is 36.7 Å². The molecule has 0 saturated heterocycles. The highest BCUT2D eigenvalue weighted by molar-refractivity contribution is 6.33. The Labute approximate surface area is 120 Å². The molecule has 0 unspecified atom stereocenters. The van der Waals surface area contributed by atoms with E-state index >= 15 is 0 Å². The number of anilines is 3. The van der Waals surface area contributed by atoms with E-state index in [1.807, 2.05) is 6.07 Å². The summed E-state index contributed by atoms with van der Waals surface area (Å²) in [6.45, 7) is 0. The zero-order valence-electron chi connectivity index (χ0n) is 10.4. The first-order valence-electron chi connectivity index (χ1n) is 6.00. The van der Waals surface area contributed by atoms with E-state index in [9.17, 15) is 4.39 Å². The van der Waals surface area contributed by atoms with Crippen molar-refractivity contribution in [1.29, 1.82) is 0 Å². The molecule has 20 heavy (non-hydrogen) atoms. The number of benzene rings is 2. The zero-order chi connectivity index (χ0) is 14.1. The Kier molecular flexibility index (Phi) is 3.16. The smallest absolute Gasteiger partial charge is 0.148 e. The molecule has 1 heterocycles. The fraction of sp³-hybridized carbons (Fsp3) is 0. The summed E-state index contributed by atoms with van der Waals surface area (Å²) in [7, 11) is 0. The number of halogens is 2. The van der Waals surface area contributed by atoms with Crippen LogP contribution in [0.5, 0.6) is 0 Å². The molecule has 0 aliphatic rings. The van der Waals surface area contributed by atoms with Gasteiger partial charge >= 0.3 is 0 Å². The summed E-state index contributed by atoms with van der Waals surface area (Å²) in [5.74, 6) is -0.406. The number of pyridine rings is 1. The van der Waals surface area contributed by atoms with Crippen LogP contribution >= 0.6 is 11.6 Å². The van der Waals surface area contributed by atoms with E-state index in [2.05, 4.69) is 10.3 Å². The summed E-state index contributed by atoms with van der Waals surface area (Å²) in [5, 5.41) is 5.01. The van der Waals surface area contributed by atoms with E-state index < -0.39 is 5.82 Å². The number of nitrogen functional groups attached to an aromatic ring is 1. The van der Waals surface area contributed by atoms with E-state index in [0.29, 0.717) is 10.7 Å². The first-order chi connectivity index (χ1) is 9.66. The molecule has 100 valence electrons. The van der Waals surface area contributed by atoms with Crippen molar-refractivity contribution in [3.63, 3.8) is 0 Å². The van der Waals surface area contributed by atoms with Gasteiger partial charge in [0.2, 0.25) is 0 Å². The zero-order valence-corrected chi connectivity index (χ0v) is 11.2. The lowest BCUT2D eigenvalue weighted by Crippen LogP contribution is -1.97. The number of hydrogen-bond acceptors (Lipinski definition) is 3. The summed E-state index contributed by atoms with van der Waals surface area (Å²) in [5.41, 5.74) is 7.51. The number of nitrogens with one attached hydrogen (secondary N) is 1. The molecule has 0 saturated carbocycles. The Balaban J connectivity index is 2.14. The van der Waals surface area contributed by atoms with Crippen LogP contribution in [0.4, 0.5) is 21.5 Å². The van der Waals surface area contributed by atoms with Gasteiger partial charge in [0.1, 0.15) is 5.82 Å². The summed E-state index contributed by atoms with van der Waals surface area (Å²) >= 11 is 6.02. The highest BCUT2D eigenvalue weighted by Crippen LogP contribution is 2.33. The van der Waals surface area contributed by atoms with Crippen molar-refractivity contribution in [2.45, 2.75) is 0 Å². The summed E-state index contributed by atoms with van der Waals surface area (Å²) in [4.78, 5) is 4.05. The van der Waals surface area contributed by atoms with E-state index in [4.69, 9.17) is 17.3 Å². The number of nitrogens with two attached hydrogens (primary N) is 1. The van der Waals surface area contributed by atoms with Crippen LogP contribution in [-0.2, 0) is 0 Å². The Morgan fingerprint density at radius 2 is 1.95 bits per heavy atom. The predicted molar refractivity (Wildman–Crippen MR) is 80.8 cm³/mol. The minimum atomic E-state index is -0.406. The Morgan fingerprint density at radius 1 is 1.10 bits per heavy atom. The molecule has 0 spiro atoms. The van der Waals surface area contributed by atoms with Crippen molar-refractivity contribution in [2.75, 3.05) is 11.1 Å². The molecule has 0 amide bonds. The van der Waals surface area contributed by atoms with Crippen molar-refractivity contribution in [2.24, 2.45) is 0 Å². The second kappa shape index (κ2) is 4.98. The third-order valence-electron chi connectivity index (χ3n) is 3.07. The van der Waals surface area contributed by atoms with Gasteiger partial charge in [-0.1, -0.05) is 17.7 Å². The van der Waals surface area contributed by atoms with E-state index in [0.717, 1.165) is 16.5 Å². The topological polar surface area (TPSA) is 50.9 Å². The molecule has 0 fully saturated rings. The predicted octanol–water partition coefficient (Wildman–Crippen LogP) is 4.35. The fourth-order valence-electron chi connectivity index (χ4n) is 2.07. The number of aromatic nitrogens is 1. The first-order valence-corrected chi connectivity index (χ1v) is 6.38. The summed E-state index contributed by atoms with van der Waals surface area (Å²) in [6.07, 6.45) is 3.34. The average molecular weight is 288 g/mol. The van der Waals surface area contributed by atoms with Crippen molar-refractivity contribution in [3.05, 3.63) is 59.6 Å². The Bertz CT molecular complexity index is 769. The molecule has 0 radical (unpaired) electrons. The van der Waals surface area contributed by atoms with Crippen LogP contribution < -0.4 is 11.1 Å². The number of rotatable bonds is 2. The molecule has 3 nitrogen and oxygen atoms in total. The lowest BCUT2D eigenvalue weighted by molar-refractivity contribution is 0.632. The maximum absolute atomic E-state index is 13.8. The molecule has 0 atom stereocenters. The van der Waals surface area contributed by atoms with Gasteiger partial charge in [-0.25, -0.2) is 4.39 Å². The molecule has 3 N–H and O–H groups in total. The van der Waals surface area contributed by atoms with Crippen LogP contribution in [0.1, 0.15) is 0 Å². The van der Waals surface area contributed by atoms with Crippen molar-refractivity contribution in [1.82, 2.24) is 4.98 Å². The Morgan fingerprint density at radius 3 is 2.75 bits per heavy atom. The monoisotopic (exact) mass is 287 g/mol. The lowest BCUT2D eigenvalue weighted by Gasteiger charge is -2.13. The molecule has 3 rings (SSSR count). The van der Waals surface area contributed by atoms with Gasteiger partial charge < -0.3 is 11.1 Å². The SMILES string of the molecule is Nc1ccc(Nc2c(F)cccc2Cl)c2ccncc12. The quantitative estimate of drug-likeness (QED) is 0.689. The van der Waals surface area contributed by atoms with Crippen LogP contribution in [0.2, 0.25) is 5.02 Å². The molecule has 5 heteroatoms. The highest BCUT2D eigenvalue weighted by atomic mass is 35.5. The van der Waals surface area contributed by atoms with Crippen LogP contribution in [-0.4, -0.2) is 4.98 Å². The summed E-state index contributed by atoms with van der Waals surface area (Å²) < 4.78 is 13.8. The molecule has 0 bridgehead atoms. The summed E-state index contributed by atoms with van der Waals surface area (Å²) in [6, 6.07) is 9.92. The maximum Gasteiger partial charge on any atom is 0.148 e. The van der Waals surface area contributed by atoms with Gasteiger partial charge in [-0.3, -0.25) is 4.98 Å². The minimum absolute atomic E-state index is 0.247. The second-order valence-corrected chi connectivity index (χ2v) is 4.75. The number of fused-ring (bicyclic) bond motifs is 1. The molecule has 0 aliphatic carbocycles. The van der Waals surface area contributed by atoms with Gasteiger partial charge in [0.15, 0.2) is 0 Å². The van der Waals surface area contributed by atoms with E-state index in [1.165, 1.54) is 6.07 Å². The van der Waals surface area contributed by atoms with Crippen LogP contribution in [0, 0.1) is 5.82 Å². The van der Waals surface area contributed by atoms with Crippen LogP contribution in [0.3, 0.4) is 0 Å². The van der Waals surface area contributed by atoms with E-state index in [-0.39, 0.29) is 5.69 Å².